The van der Waals surface area contributed by atoms with Crippen LogP contribution in [-0.2, 0) is 19.1 Å². The number of hydrogen-bond donors (Lipinski definition) is 1. The number of esters is 1. The lowest BCUT2D eigenvalue weighted by atomic mass is 9.94. The molecule has 8 heteroatoms. The number of carbonyl (C=O) groups is 2. The number of aliphatic imine (C=N–C) groups is 1. The third-order valence-electron chi connectivity index (χ3n) is 4.65. The van der Waals surface area contributed by atoms with E-state index < -0.39 is 6.04 Å². The fourth-order valence-electron chi connectivity index (χ4n) is 3.38. The zero-order valence-electron chi connectivity index (χ0n) is 17.7. The number of nitrogens with zero attached hydrogens (tertiary/aromatic N) is 2. The van der Waals surface area contributed by atoms with Crippen LogP contribution in [0.3, 0.4) is 0 Å². The fourth-order valence-corrected chi connectivity index (χ4v) is 4.34. The predicted molar refractivity (Wildman–Crippen MR) is 118 cm³/mol. The van der Waals surface area contributed by atoms with Crippen LogP contribution in [0.25, 0.3) is 0 Å². The lowest BCUT2D eigenvalue weighted by Crippen LogP contribution is -2.38. The van der Waals surface area contributed by atoms with Crippen LogP contribution >= 0.6 is 11.8 Å². The Morgan fingerprint density at radius 2 is 2.00 bits per heavy atom. The Hall–Kier alpha value is -2.58. The van der Waals surface area contributed by atoms with Crippen LogP contribution in [0.15, 0.2) is 57.7 Å². The number of amidine groups is 1. The average Bonchev–Trinajstić information content (AvgIpc) is 3.09. The van der Waals surface area contributed by atoms with Gasteiger partial charge in [-0.15, -0.1) is 0 Å². The van der Waals surface area contributed by atoms with Crippen LogP contribution in [-0.4, -0.2) is 48.3 Å². The molecule has 1 aromatic carbocycles. The predicted octanol–water partition coefficient (Wildman–Crippen LogP) is 3.37. The lowest BCUT2D eigenvalue weighted by Gasteiger charge is -2.36. The van der Waals surface area contributed by atoms with Gasteiger partial charge < -0.3 is 19.7 Å². The maximum Gasteiger partial charge on any atom is 0.338 e. The van der Waals surface area contributed by atoms with Crippen molar-refractivity contribution in [3.05, 3.63) is 58.3 Å². The van der Waals surface area contributed by atoms with Crippen LogP contribution in [0.4, 0.5) is 0 Å². The van der Waals surface area contributed by atoms with Gasteiger partial charge in [-0.3, -0.25) is 4.79 Å². The van der Waals surface area contributed by atoms with Crippen molar-refractivity contribution in [2.24, 2.45) is 4.99 Å². The van der Waals surface area contributed by atoms with Gasteiger partial charge in [-0.2, -0.15) is 0 Å². The van der Waals surface area contributed by atoms with Gasteiger partial charge in [0.2, 0.25) is 5.91 Å². The van der Waals surface area contributed by atoms with E-state index in [1.54, 1.807) is 7.11 Å². The van der Waals surface area contributed by atoms with Gasteiger partial charge in [0, 0.05) is 19.4 Å². The summed E-state index contributed by atoms with van der Waals surface area (Å²) in [4.78, 5) is 32.0. The highest BCUT2D eigenvalue weighted by molar-refractivity contribution is 8.16. The largest absolute Gasteiger partial charge is 0.459 e. The van der Waals surface area contributed by atoms with Gasteiger partial charge in [-0.05, 0) is 31.7 Å². The molecule has 1 aromatic rings. The summed E-state index contributed by atoms with van der Waals surface area (Å²) in [7, 11) is 1.59. The number of amides is 1. The van der Waals surface area contributed by atoms with Crippen molar-refractivity contribution >= 4 is 28.8 Å². The molecule has 2 heterocycles. The van der Waals surface area contributed by atoms with Crippen LogP contribution in [0, 0.1) is 0 Å². The summed E-state index contributed by atoms with van der Waals surface area (Å²) < 4.78 is 10.5. The molecular formula is C22H27N3O4S. The molecule has 160 valence electrons. The number of carbonyl (C=O) groups excluding carboxylic acids is 2. The molecule has 0 radical (unpaired) electrons. The Kier molecular flexibility index (Phi) is 7.33. The summed E-state index contributed by atoms with van der Waals surface area (Å²) in [6, 6.07) is 9.35. The number of rotatable bonds is 8. The molecule has 1 N–H and O–H groups in total. The standard InChI is InChI=1S/C22H27N3O4S/c1-14(2)29-21(27)19-15(3)24-22-25(20(19)16-8-6-5-7-9-16)17(13-30-22)12-18(26)23-10-11-28-4/h5-9,13-14,20H,10-12H2,1-4H3,(H,23,26). The highest BCUT2D eigenvalue weighted by Crippen LogP contribution is 2.44. The molecule has 2 aliphatic rings. The SMILES string of the molecule is COCCNC(=O)CC1=CSC2=NC(C)=C(C(=O)OC(C)C)C(c3ccccc3)N12. The topological polar surface area (TPSA) is 80.2 Å². The minimum absolute atomic E-state index is 0.107. The van der Waals surface area contributed by atoms with Gasteiger partial charge in [0.05, 0.1) is 36.4 Å². The Labute approximate surface area is 181 Å². The Morgan fingerprint density at radius 1 is 1.27 bits per heavy atom. The van der Waals surface area contributed by atoms with E-state index in [9.17, 15) is 9.59 Å². The van der Waals surface area contributed by atoms with Crippen LogP contribution in [0.2, 0.25) is 0 Å². The summed E-state index contributed by atoms with van der Waals surface area (Å²) >= 11 is 1.46. The third kappa shape index (κ3) is 4.94. The van der Waals surface area contributed by atoms with E-state index in [2.05, 4.69) is 10.3 Å². The van der Waals surface area contributed by atoms with Crippen molar-refractivity contribution in [3.8, 4) is 0 Å². The Balaban J connectivity index is 1.94. The quantitative estimate of drug-likeness (QED) is 0.504. The second kappa shape index (κ2) is 9.95. The zero-order valence-corrected chi connectivity index (χ0v) is 18.5. The van der Waals surface area contributed by atoms with Gasteiger partial charge >= 0.3 is 5.97 Å². The zero-order chi connectivity index (χ0) is 21.7. The minimum Gasteiger partial charge on any atom is -0.459 e. The molecule has 0 saturated carbocycles. The first kappa shape index (κ1) is 22.1. The first-order chi connectivity index (χ1) is 14.4. The maximum absolute atomic E-state index is 13.0. The molecule has 1 amide bonds. The molecule has 0 saturated heterocycles. The van der Waals surface area contributed by atoms with E-state index in [1.165, 1.54) is 11.8 Å². The van der Waals surface area contributed by atoms with E-state index in [4.69, 9.17) is 9.47 Å². The number of allylic oxidation sites excluding steroid dienone is 1. The Bertz CT molecular complexity index is 893. The number of ether oxygens (including phenoxy) is 2. The van der Waals surface area contributed by atoms with Crippen molar-refractivity contribution in [1.82, 2.24) is 10.2 Å². The van der Waals surface area contributed by atoms with Crippen LogP contribution in [0.1, 0.15) is 38.8 Å². The highest BCUT2D eigenvalue weighted by Gasteiger charge is 2.41. The molecule has 0 aliphatic carbocycles. The van der Waals surface area contributed by atoms with Gasteiger partial charge in [-0.25, -0.2) is 9.79 Å². The monoisotopic (exact) mass is 429 g/mol. The van der Waals surface area contributed by atoms with Crippen LogP contribution in [0.5, 0.6) is 0 Å². The van der Waals surface area contributed by atoms with Crippen molar-refractivity contribution < 1.29 is 19.1 Å². The highest BCUT2D eigenvalue weighted by atomic mass is 32.2. The lowest BCUT2D eigenvalue weighted by molar-refractivity contribution is -0.143. The van der Waals surface area contributed by atoms with Crippen molar-refractivity contribution in [1.29, 1.82) is 0 Å². The first-order valence-corrected chi connectivity index (χ1v) is 10.8. The van der Waals surface area contributed by atoms with Gasteiger partial charge in [0.25, 0.3) is 0 Å². The molecule has 30 heavy (non-hydrogen) atoms. The molecule has 0 spiro atoms. The number of benzene rings is 1. The van der Waals surface area contributed by atoms with E-state index in [-0.39, 0.29) is 24.4 Å². The van der Waals surface area contributed by atoms with E-state index in [0.717, 1.165) is 16.4 Å². The van der Waals surface area contributed by atoms with Crippen LogP contribution < -0.4 is 5.32 Å². The molecule has 0 bridgehead atoms. The molecule has 7 nitrogen and oxygen atoms in total. The third-order valence-corrected chi connectivity index (χ3v) is 5.54. The molecular weight excluding hydrogens is 402 g/mol. The van der Waals surface area contributed by atoms with Gasteiger partial charge in [-0.1, -0.05) is 42.1 Å². The number of fused-ring (bicyclic) bond motifs is 1. The molecule has 1 unspecified atom stereocenters. The molecule has 3 rings (SSSR count). The van der Waals surface area contributed by atoms with E-state index >= 15 is 0 Å². The average molecular weight is 430 g/mol. The number of nitrogens with one attached hydrogen (secondary N) is 1. The van der Waals surface area contributed by atoms with Crippen molar-refractivity contribution in [2.45, 2.75) is 39.3 Å². The number of thioether (sulfide) groups is 1. The molecule has 0 aromatic heterocycles. The summed E-state index contributed by atoms with van der Waals surface area (Å²) in [6.45, 7) is 6.38. The second-order valence-corrected chi connectivity index (χ2v) is 8.11. The van der Waals surface area contributed by atoms with Crippen molar-refractivity contribution in [2.75, 3.05) is 20.3 Å². The summed E-state index contributed by atoms with van der Waals surface area (Å²) in [5.41, 5.74) is 2.86. The second-order valence-electron chi connectivity index (χ2n) is 7.28. The maximum atomic E-state index is 13.0. The first-order valence-electron chi connectivity index (χ1n) is 9.88. The smallest absolute Gasteiger partial charge is 0.338 e. The normalized spacial score (nSPS) is 18.2. The number of hydrogen-bond acceptors (Lipinski definition) is 7. The minimum atomic E-state index is -0.405. The molecule has 2 aliphatic heterocycles. The number of methoxy groups -OCH3 is 1. The van der Waals surface area contributed by atoms with E-state index in [1.807, 2.05) is 61.4 Å². The van der Waals surface area contributed by atoms with Gasteiger partial charge in [0.15, 0.2) is 5.17 Å². The van der Waals surface area contributed by atoms with Crippen molar-refractivity contribution in [3.63, 3.8) is 0 Å². The fraction of sp³-hybridized carbons (Fsp3) is 0.409. The van der Waals surface area contributed by atoms with E-state index in [0.29, 0.717) is 24.4 Å². The van der Waals surface area contributed by atoms with Gasteiger partial charge in [0.1, 0.15) is 0 Å². The summed E-state index contributed by atoms with van der Waals surface area (Å²) in [5, 5.41) is 5.52. The summed E-state index contributed by atoms with van der Waals surface area (Å²) in [6.07, 6.45) is -0.0564. The molecule has 1 atom stereocenters. The molecule has 0 fully saturated rings. The Morgan fingerprint density at radius 3 is 2.67 bits per heavy atom. The summed E-state index contributed by atoms with van der Waals surface area (Å²) in [5.74, 6) is -0.496.